The molecular weight excluding hydrogens is 262 g/mol. The minimum atomic E-state index is -3.07. The molecule has 0 aromatic rings. The molecule has 1 atom stereocenters. The van der Waals surface area contributed by atoms with E-state index in [0.29, 0.717) is 13.1 Å². The van der Waals surface area contributed by atoms with Gasteiger partial charge in [-0.3, -0.25) is 4.99 Å². The van der Waals surface area contributed by atoms with Crippen LogP contribution >= 0.6 is 0 Å². The largest absolute Gasteiger partial charge is 0.331 e. The molecule has 1 saturated heterocycles. The highest BCUT2D eigenvalue weighted by Gasteiger charge is 2.42. The Balaban J connectivity index is 1.88. The van der Waals surface area contributed by atoms with Gasteiger partial charge in [0.2, 0.25) is 10.0 Å². The van der Waals surface area contributed by atoms with Crippen LogP contribution in [0.3, 0.4) is 0 Å². The lowest BCUT2D eigenvalue weighted by Gasteiger charge is -2.41. The Morgan fingerprint density at radius 1 is 1.21 bits per heavy atom. The molecule has 0 aromatic heterocycles. The monoisotopic (exact) mass is 283 g/mol. The van der Waals surface area contributed by atoms with Crippen LogP contribution in [0, 0.1) is 0 Å². The summed E-state index contributed by atoms with van der Waals surface area (Å²) in [5.41, 5.74) is 2.33. The lowest BCUT2D eigenvalue weighted by molar-refractivity contribution is 0.305. The summed E-state index contributed by atoms with van der Waals surface area (Å²) < 4.78 is 26.4. The molecule has 19 heavy (non-hydrogen) atoms. The first-order chi connectivity index (χ1) is 8.91. The number of fused-ring (bicyclic) bond motifs is 1. The number of sulfonamides is 1. The van der Waals surface area contributed by atoms with Crippen molar-refractivity contribution in [2.24, 2.45) is 4.99 Å². The topological polar surface area (TPSA) is 53.0 Å². The molecule has 0 N–H and O–H groups in total. The van der Waals surface area contributed by atoms with Crippen LogP contribution < -0.4 is 0 Å². The standard InChI is InChI=1S/C13H21N3O2S/c1-9-10(2)14-11(3)16-7-6-15(8-13(9)16)19(17,18)12-4-5-12/h10,12H,4-8H2,1-3H3/t10-/m0/s1. The summed E-state index contributed by atoms with van der Waals surface area (Å²) >= 11 is 0. The predicted octanol–water partition coefficient (Wildman–Crippen LogP) is 1.19. The van der Waals surface area contributed by atoms with Crippen molar-refractivity contribution >= 4 is 15.9 Å². The molecule has 5 nitrogen and oxygen atoms in total. The molecule has 0 aromatic carbocycles. The van der Waals surface area contributed by atoms with Gasteiger partial charge in [-0.25, -0.2) is 8.42 Å². The van der Waals surface area contributed by atoms with E-state index in [0.717, 1.165) is 30.9 Å². The van der Waals surface area contributed by atoms with Crippen molar-refractivity contribution in [2.45, 2.75) is 44.9 Å². The van der Waals surface area contributed by atoms with Crippen LogP contribution in [0.2, 0.25) is 0 Å². The van der Waals surface area contributed by atoms with Crippen molar-refractivity contribution in [3.63, 3.8) is 0 Å². The van der Waals surface area contributed by atoms with Gasteiger partial charge in [0.15, 0.2) is 0 Å². The Morgan fingerprint density at radius 2 is 1.89 bits per heavy atom. The van der Waals surface area contributed by atoms with Gasteiger partial charge in [-0.05, 0) is 39.2 Å². The summed E-state index contributed by atoms with van der Waals surface area (Å²) in [6.45, 7) is 7.96. The first kappa shape index (κ1) is 13.1. The smallest absolute Gasteiger partial charge is 0.217 e. The Kier molecular flexibility index (Phi) is 2.98. The van der Waals surface area contributed by atoms with E-state index >= 15 is 0 Å². The van der Waals surface area contributed by atoms with E-state index in [4.69, 9.17) is 0 Å². The number of hydrogen-bond donors (Lipinski definition) is 0. The fourth-order valence-electron chi connectivity index (χ4n) is 2.85. The SMILES string of the molecule is CC1=N[C@@H](C)C(C)=C2CN(S(=O)(=O)C3CC3)CCN12. The maximum absolute atomic E-state index is 12.3. The van der Waals surface area contributed by atoms with E-state index in [1.54, 1.807) is 4.31 Å². The van der Waals surface area contributed by atoms with Gasteiger partial charge >= 0.3 is 0 Å². The molecule has 2 heterocycles. The van der Waals surface area contributed by atoms with Crippen LogP contribution in [0.25, 0.3) is 0 Å². The quantitative estimate of drug-likeness (QED) is 0.765. The highest BCUT2D eigenvalue weighted by atomic mass is 32.2. The van der Waals surface area contributed by atoms with E-state index < -0.39 is 10.0 Å². The highest BCUT2D eigenvalue weighted by Crippen LogP contribution is 2.34. The van der Waals surface area contributed by atoms with E-state index in [-0.39, 0.29) is 11.3 Å². The van der Waals surface area contributed by atoms with Gasteiger partial charge in [0, 0.05) is 18.8 Å². The highest BCUT2D eigenvalue weighted by molar-refractivity contribution is 7.90. The molecule has 0 unspecified atom stereocenters. The Bertz CT molecular complexity index is 560. The zero-order chi connectivity index (χ0) is 13.8. The summed E-state index contributed by atoms with van der Waals surface area (Å²) in [5.74, 6) is 1.01. The van der Waals surface area contributed by atoms with Crippen molar-refractivity contribution in [3.05, 3.63) is 11.3 Å². The zero-order valence-electron chi connectivity index (χ0n) is 11.8. The summed E-state index contributed by atoms with van der Waals surface area (Å²) in [4.78, 5) is 6.77. The second-order valence-electron chi connectivity index (χ2n) is 5.71. The molecule has 0 radical (unpaired) electrons. The number of hydrogen-bond acceptors (Lipinski definition) is 4. The van der Waals surface area contributed by atoms with Gasteiger partial charge in [-0.2, -0.15) is 4.31 Å². The molecule has 0 spiro atoms. The summed E-state index contributed by atoms with van der Waals surface area (Å²) in [5, 5.41) is -0.115. The van der Waals surface area contributed by atoms with Gasteiger partial charge in [-0.1, -0.05) is 0 Å². The summed E-state index contributed by atoms with van der Waals surface area (Å²) in [6, 6.07) is 0.162. The molecule has 2 aliphatic heterocycles. The van der Waals surface area contributed by atoms with Crippen LogP contribution in [0.4, 0.5) is 0 Å². The fourth-order valence-corrected chi connectivity index (χ4v) is 4.65. The van der Waals surface area contributed by atoms with Crippen LogP contribution in [-0.4, -0.2) is 54.4 Å². The molecule has 0 bridgehead atoms. The van der Waals surface area contributed by atoms with Gasteiger partial charge in [0.25, 0.3) is 0 Å². The maximum Gasteiger partial charge on any atom is 0.217 e. The lowest BCUT2D eigenvalue weighted by atomic mass is 10.0. The molecular formula is C13H21N3O2S. The number of nitrogens with zero attached hydrogens (tertiary/aromatic N) is 3. The predicted molar refractivity (Wildman–Crippen MR) is 75.5 cm³/mol. The Hall–Kier alpha value is -0.880. The van der Waals surface area contributed by atoms with E-state index in [1.165, 1.54) is 5.57 Å². The molecule has 1 aliphatic carbocycles. The third-order valence-electron chi connectivity index (χ3n) is 4.38. The van der Waals surface area contributed by atoms with E-state index in [9.17, 15) is 8.42 Å². The second kappa shape index (κ2) is 4.31. The molecule has 1 saturated carbocycles. The third-order valence-corrected chi connectivity index (χ3v) is 6.73. The Labute approximate surface area is 115 Å². The number of piperazine rings is 1. The third kappa shape index (κ3) is 2.10. The Morgan fingerprint density at radius 3 is 2.53 bits per heavy atom. The van der Waals surface area contributed by atoms with Crippen molar-refractivity contribution in [2.75, 3.05) is 19.6 Å². The van der Waals surface area contributed by atoms with E-state index in [1.807, 2.05) is 6.92 Å². The number of aliphatic imine (C=N–C) groups is 1. The maximum atomic E-state index is 12.3. The van der Waals surface area contributed by atoms with Crippen LogP contribution in [-0.2, 0) is 10.0 Å². The summed E-state index contributed by atoms with van der Waals surface area (Å²) in [6.07, 6.45) is 1.66. The lowest BCUT2D eigenvalue weighted by Crippen LogP contribution is -2.51. The average Bonchev–Trinajstić information content (AvgIpc) is 3.20. The molecule has 106 valence electrons. The summed E-state index contributed by atoms with van der Waals surface area (Å²) in [7, 11) is -3.07. The minimum absolute atomic E-state index is 0.115. The number of rotatable bonds is 2. The van der Waals surface area contributed by atoms with Gasteiger partial charge in [0.1, 0.15) is 5.84 Å². The van der Waals surface area contributed by atoms with Crippen LogP contribution in [0.15, 0.2) is 16.3 Å². The molecule has 3 aliphatic rings. The van der Waals surface area contributed by atoms with Gasteiger partial charge in [0.05, 0.1) is 17.8 Å². The first-order valence-corrected chi connectivity index (χ1v) is 8.42. The van der Waals surface area contributed by atoms with Gasteiger partial charge in [-0.15, -0.1) is 0 Å². The number of amidine groups is 1. The van der Waals surface area contributed by atoms with Crippen LogP contribution in [0.1, 0.15) is 33.6 Å². The average molecular weight is 283 g/mol. The van der Waals surface area contributed by atoms with Crippen molar-refractivity contribution < 1.29 is 8.42 Å². The normalized spacial score (nSPS) is 29.3. The molecule has 3 rings (SSSR count). The molecule has 2 fully saturated rings. The van der Waals surface area contributed by atoms with Crippen molar-refractivity contribution in [3.8, 4) is 0 Å². The first-order valence-electron chi connectivity index (χ1n) is 6.92. The molecule has 6 heteroatoms. The fraction of sp³-hybridized carbons (Fsp3) is 0.769. The van der Waals surface area contributed by atoms with Crippen LogP contribution in [0.5, 0.6) is 0 Å². The zero-order valence-corrected chi connectivity index (χ0v) is 12.6. The second-order valence-corrected chi connectivity index (χ2v) is 7.92. The van der Waals surface area contributed by atoms with Crippen molar-refractivity contribution in [1.82, 2.24) is 9.21 Å². The minimum Gasteiger partial charge on any atom is -0.331 e. The van der Waals surface area contributed by atoms with E-state index in [2.05, 4.69) is 23.7 Å². The van der Waals surface area contributed by atoms with Crippen molar-refractivity contribution in [1.29, 1.82) is 0 Å². The van der Waals surface area contributed by atoms with Gasteiger partial charge < -0.3 is 4.90 Å². The molecule has 0 amide bonds.